The van der Waals surface area contributed by atoms with E-state index in [0.717, 1.165) is 35.1 Å². The molecule has 1 aromatic carbocycles. The van der Waals surface area contributed by atoms with E-state index in [9.17, 15) is 0 Å². The fourth-order valence-electron chi connectivity index (χ4n) is 3.09. The molecule has 116 valence electrons. The normalized spacial score (nSPS) is 13.0. The van der Waals surface area contributed by atoms with Crippen LogP contribution in [0, 0.1) is 0 Å². The minimum atomic E-state index is 0.475. The van der Waals surface area contributed by atoms with Crippen LogP contribution in [0.25, 0.3) is 21.8 Å². The lowest BCUT2D eigenvalue weighted by Gasteiger charge is -2.15. The zero-order chi connectivity index (χ0) is 15.5. The Morgan fingerprint density at radius 2 is 2.14 bits per heavy atom. The van der Waals surface area contributed by atoms with E-state index in [-0.39, 0.29) is 0 Å². The maximum absolute atomic E-state index is 6.00. The number of fused-ring (bicyclic) bond motifs is 3. The van der Waals surface area contributed by atoms with Gasteiger partial charge in [-0.3, -0.25) is 5.10 Å². The highest BCUT2D eigenvalue weighted by Gasteiger charge is 2.15. The van der Waals surface area contributed by atoms with Crippen LogP contribution in [-0.4, -0.2) is 21.1 Å². The number of pyridine rings is 1. The summed E-state index contributed by atoms with van der Waals surface area (Å²) < 4.78 is 0. The molecule has 2 heterocycles. The zero-order valence-corrected chi connectivity index (χ0v) is 13.5. The number of nitrogens with zero attached hydrogens (tertiary/aromatic N) is 2. The number of nitrogen functional groups attached to an aromatic ring is 1. The van der Waals surface area contributed by atoms with Crippen molar-refractivity contribution in [1.82, 2.24) is 15.2 Å². The van der Waals surface area contributed by atoms with Crippen molar-refractivity contribution in [2.75, 3.05) is 11.6 Å². The van der Waals surface area contributed by atoms with E-state index in [1.54, 1.807) is 0 Å². The van der Waals surface area contributed by atoms with E-state index < -0.39 is 0 Å². The van der Waals surface area contributed by atoms with Crippen molar-refractivity contribution < 1.29 is 0 Å². The Balaban J connectivity index is 2.00. The number of benzene rings is 1. The second-order valence-electron chi connectivity index (χ2n) is 5.83. The highest BCUT2D eigenvalue weighted by molar-refractivity contribution is 6.17. The molecule has 0 amide bonds. The molecule has 3 aromatic rings. The quantitative estimate of drug-likeness (QED) is 0.516. The van der Waals surface area contributed by atoms with Gasteiger partial charge in [-0.25, -0.2) is 4.98 Å². The van der Waals surface area contributed by atoms with E-state index in [0.29, 0.717) is 11.7 Å². The number of rotatable bonds is 6. The highest BCUT2D eigenvalue weighted by Crippen LogP contribution is 2.34. The molecule has 5 heteroatoms. The van der Waals surface area contributed by atoms with Gasteiger partial charge in [0.25, 0.3) is 0 Å². The molecule has 0 aliphatic carbocycles. The van der Waals surface area contributed by atoms with E-state index in [1.165, 1.54) is 23.8 Å². The van der Waals surface area contributed by atoms with E-state index in [4.69, 9.17) is 17.3 Å². The molecule has 3 rings (SSSR count). The first-order valence-electron chi connectivity index (χ1n) is 7.80. The SMILES string of the molecule is CC(CCCCCCl)c1cccc2nc(N)c3n[nH]cc3c12. The van der Waals surface area contributed by atoms with Crippen molar-refractivity contribution in [2.45, 2.75) is 38.5 Å². The molecule has 0 aliphatic rings. The summed E-state index contributed by atoms with van der Waals surface area (Å²) in [6, 6.07) is 6.27. The minimum Gasteiger partial charge on any atom is -0.382 e. The van der Waals surface area contributed by atoms with Gasteiger partial charge in [-0.1, -0.05) is 31.9 Å². The summed E-state index contributed by atoms with van der Waals surface area (Å²) in [6.07, 6.45) is 6.54. The van der Waals surface area contributed by atoms with Crippen molar-refractivity contribution in [3.05, 3.63) is 30.0 Å². The van der Waals surface area contributed by atoms with Gasteiger partial charge < -0.3 is 5.73 Å². The molecule has 0 bridgehead atoms. The largest absolute Gasteiger partial charge is 0.382 e. The van der Waals surface area contributed by atoms with E-state index in [1.807, 2.05) is 12.3 Å². The Morgan fingerprint density at radius 1 is 1.27 bits per heavy atom. The van der Waals surface area contributed by atoms with E-state index >= 15 is 0 Å². The summed E-state index contributed by atoms with van der Waals surface area (Å²) in [5.41, 5.74) is 9.02. The number of unbranched alkanes of at least 4 members (excludes halogenated alkanes) is 2. The summed E-state index contributed by atoms with van der Waals surface area (Å²) >= 11 is 5.75. The Bertz CT molecular complexity index is 781. The van der Waals surface area contributed by atoms with Crippen LogP contribution in [-0.2, 0) is 0 Å². The fraction of sp³-hybridized carbons (Fsp3) is 0.412. The van der Waals surface area contributed by atoms with Gasteiger partial charge >= 0.3 is 0 Å². The highest BCUT2D eigenvalue weighted by atomic mass is 35.5. The molecule has 4 nitrogen and oxygen atoms in total. The number of nitrogens with two attached hydrogens (primary N) is 1. The van der Waals surface area contributed by atoms with Crippen molar-refractivity contribution in [3.63, 3.8) is 0 Å². The van der Waals surface area contributed by atoms with Gasteiger partial charge in [0, 0.05) is 22.8 Å². The molecule has 0 saturated heterocycles. The van der Waals surface area contributed by atoms with Gasteiger partial charge in [0.2, 0.25) is 0 Å². The average molecular weight is 317 g/mol. The molecule has 3 N–H and O–H groups in total. The third-order valence-electron chi connectivity index (χ3n) is 4.27. The maximum Gasteiger partial charge on any atom is 0.152 e. The van der Waals surface area contributed by atoms with Crippen molar-refractivity contribution in [1.29, 1.82) is 0 Å². The first kappa shape index (κ1) is 15.1. The third-order valence-corrected chi connectivity index (χ3v) is 4.54. The van der Waals surface area contributed by atoms with Gasteiger partial charge in [0.15, 0.2) is 5.82 Å². The number of halogens is 1. The maximum atomic E-state index is 6.00. The van der Waals surface area contributed by atoms with Gasteiger partial charge in [-0.05, 0) is 30.4 Å². The van der Waals surface area contributed by atoms with Crippen LogP contribution >= 0.6 is 11.6 Å². The first-order chi connectivity index (χ1) is 10.7. The van der Waals surface area contributed by atoms with Gasteiger partial charge in [0.05, 0.1) is 5.52 Å². The summed E-state index contributed by atoms with van der Waals surface area (Å²) in [4.78, 5) is 4.51. The Labute approximate surface area is 135 Å². The Kier molecular flexibility index (Phi) is 4.48. The van der Waals surface area contributed by atoms with Crippen LogP contribution in [0.3, 0.4) is 0 Å². The molecular formula is C17H21ClN4. The Hall–Kier alpha value is -1.81. The van der Waals surface area contributed by atoms with Gasteiger partial charge in [-0.15, -0.1) is 11.6 Å². The van der Waals surface area contributed by atoms with Gasteiger partial charge in [0.1, 0.15) is 5.52 Å². The summed E-state index contributed by atoms with van der Waals surface area (Å²) in [5, 5.41) is 9.37. The molecule has 2 aromatic heterocycles. The molecule has 0 fully saturated rings. The fourth-order valence-corrected chi connectivity index (χ4v) is 3.28. The molecule has 0 radical (unpaired) electrons. The standard InChI is InChI=1S/C17H21ClN4/c1-11(6-3-2-4-9-18)12-7-5-8-14-15(12)13-10-20-22-16(13)17(19)21-14/h5,7-8,10-11H,2-4,6,9H2,1H3,(H2,19,21)(H,20,22). The first-order valence-corrected chi connectivity index (χ1v) is 8.33. The average Bonchev–Trinajstić information content (AvgIpc) is 3.01. The molecule has 1 atom stereocenters. The lowest BCUT2D eigenvalue weighted by atomic mass is 9.91. The van der Waals surface area contributed by atoms with Crippen molar-refractivity contribution >= 4 is 39.2 Å². The number of alkyl halides is 1. The summed E-state index contributed by atoms with van der Waals surface area (Å²) in [5.74, 6) is 1.71. The predicted molar refractivity (Wildman–Crippen MR) is 93.4 cm³/mol. The van der Waals surface area contributed by atoms with Crippen LogP contribution in [0.4, 0.5) is 5.82 Å². The third kappa shape index (κ3) is 2.75. The van der Waals surface area contributed by atoms with Gasteiger partial charge in [-0.2, -0.15) is 5.10 Å². The number of anilines is 1. The molecule has 1 unspecified atom stereocenters. The molecule has 22 heavy (non-hydrogen) atoms. The molecular weight excluding hydrogens is 296 g/mol. The topological polar surface area (TPSA) is 67.6 Å². The number of H-pyrrole nitrogens is 1. The predicted octanol–water partition coefficient (Wildman–Crippen LogP) is 4.60. The van der Waals surface area contributed by atoms with Crippen LogP contribution in [0.2, 0.25) is 0 Å². The molecule has 0 saturated carbocycles. The van der Waals surface area contributed by atoms with Crippen molar-refractivity contribution in [2.24, 2.45) is 0 Å². The second kappa shape index (κ2) is 6.53. The summed E-state index contributed by atoms with van der Waals surface area (Å²) in [7, 11) is 0. The van der Waals surface area contributed by atoms with Crippen LogP contribution in [0.1, 0.15) is 44.1 Å². The van der Waals surface area contributed by atoms with Crippen LogP contribution < -0.4 is 5.73 Å². The monoisotopic (exact) mass is 316 g/mol. The molecule has 0 aliphatic heterocycles. The lowest BCUT2D eigenvalue weighted by molar-refractivity contribution is 0.602. The smallest absolute Gasteiger partial charge is 0.152 e. The summed E-state index contributed by atoms with van der Waals surface area (Å²) in [6.45, 7) is 2.28. The number of hydrogen-bond acceptors (Lipinski definition) is 3. The van der Waals surface area contributed by atoms with Crippen LogP contribution in [0.5, 0.6) is 0 Å². The van der Waals surface area contributed by atoms with E-state index in [2.05, 4.69) is 34.2 Å². The minimum absolute atomic E-state index is 0.475. The van der Waals surface area contributed by atoms with Crippen LogP contribution in [0.15, 0.2) is 24.4 Å². The number of hydrogen-bond donors (Lipinski definition) is 2. The number of aromatic amines is 1. The number of aromatic nitrogens is 3. The van der Waals surface area contributed by atoms with Crippen molar-refractivity contribution in [3.8, 4) is 0 Å². The number of nitrogens with one attached hydrogen (secondary N) is 1. The molecule has 0 spiro atoms. The Morgan fingerprint density at radius 3 is 2.95 bits per heavy atom. The zero-order valence-electron chi connectivity index (χ0n) is 12.8. The lowest BCUT2D eigenvalue weighted by Crippen LogP contribution is -1.99. The second-order valence-corrected chi connectivity index (χ2v) is 6.20.